The summed E-state index contributed by atoms with van der Waals surface area (Å²) >= 11 is 0. The number of urea groups is 1. The number of piperidine rings is 1. The topological polar surface area (TPSA) is 61.4 Å². The standard InChI is InChI=1S/C22H27N3O2/c1-16-10-12-25(13-11-16)21(26)19-6-8-20(9-7-19)24-22(27)23-15-18-5-3-4-17(2)14-18/h3-9,14,16H,10-13,15H2,1-2H3,(H2,23,24,27). The third-order valence-corrected chi connectivity index (χ3v) is 5.00. The molecule has 27 heavy (non-hydrogen) atoms. The maximum absolute atomic E-state index is 12.6. The summed E-state index contributed by atoms with van der Waals surface area (Å²) in [7, 11) is 0. The van der Waals surface area contributed by atoms with Crippen molar-refractivity contribution in [1.29, 1.82) is 0 Å². The molecule has 5 heteroatoms. The summed E-state index contributed by atoms with van der Waals surface area (Å²) in [4.78, 5) is 26.5. The average Bonchev–Trinajstić information content (AvgIpc) is 2.67. The molecule has 3 rings (SSSR count). The molecule has 1 fully saturated rings. The van der Waals surface area contributed by atoms with Crippen LogP contribution in [0.2, 0.25) is 0 Å². The van der Waals surface area contributed by atoms with E-state index in [0.29, 0.717) is 23.7 Å². The number of aryl methyl sites for hydroxylation is 1. The SMILES string of the molecule is Cc1cccc(CNC(=O)Nc2ccc(C(=O)N3CCC(C)CC3)cc2)c1. The quantitative estimate of drug-likeness (QED) is 0.853. The van der Waals surface area contributed by atoms with E-state index in [4.69, 9.17) is 0 Å². The van der Waals surface area contributed by atoms with Crippen LogP contribution in [0.25, 0.3) is 0 Å². The van der Waals surface area contributed by atoms with Gasteiger partial charge in [-0.1, -0.05) is 36.8 Å². The molecule has 142 valence electrons. The Morgan fingerprint density at radius 1 is 1.07 bits per heavy atom. The van der Waals surface area contributed by atoms with E-state index in [-0.39, 0.29) is 11.9 Å². The Morgan fingerprint density at radius 2 is 1.78 bits per heavy atom. The van der Waals surface area contributed by atoms with Crippen LogP contribution in [0.15, 0.2) is 48.5 Å². The fourth-order valence-corrected chi connectivity index (χ4v) is 3.27. The van der Waals surface area contributed by atoms with Crippen molar-refractivity contribution in [3.63, 3.8) is 0 Å². The summed E-state index contributed by atoms with van der Waals surface area (Å²) in [5, 5.41) is 5.65. The van der Waals surface area contributed by atoms with Gasteiger partial charge in [0.15, 0.2) is 0 Å². The lowest BCUT2D eigenvalue weighted by atomic mass is 9.98. The summed E-state index contributed by atoms with van der Waals surface area (Å²) < 4.78 is 0. The summed E-state index contributed by atoms with van der Waals surface area (Å²) in [6, 6.07) is 14.8. The average molecular weight is 365 g/mol. The van der Waals surface area contributed by atoms with Gasteiger partial charge in [-0.3, -0.25) is 4.79 Å². The fraction of sp³-hybridized carbons (Fsp3) is 0.364. The Kier molecular flexibility index (Phi) is 6.12. The molecule has 0 spiro atoms. The van der Waals surface area contributed by atoms with Gasteiger partial charge in [-0.15, -0.1) is 0 Å². The van der Waals surface area contributed by atoms with Crippen LogP contribution in [0.1, 0.15) is 41.3 Å². The molecule has 0 atom stereocenters. The van der Waals surface area contributed by atoms with E-state index in [1.54, 1.807) is 24.3 Å². The van der Waals surface area contributed by atoms with Crippen LogP contribution in [0, 0.1) is 12.8 Å². The number of carbonyl (C=O) groups excluding carboxylic acids is 2. The Hall–Kier alpha value is -2.82. The minimum atomic E-state index is -0.263. The molecule has 2 N–H and O–H groups in total. The molecular weight excluding hydrogens is 338 g/mol. The van der Waals surface area contributed by atoms with Crippen LogP contribution >= 0.6 is 0 Å². The maximum Gasteiger partial charge on any atom is 0.319 e. The Morgan fingerprint density at radius 3 is 2.44 bits per heavy atom. The van der Waals surface area contributed by atoms with Gasteiger partial charge in [0.2, 0.25) is 0 Å². The Labute approximate surface area is 160 Å². The largest absolute Gasteiger partial charge is 0.339 e. The number of nitrogens with one attached hydrogen (secondary N) is 2. The molecule has 1 heterocycles. The van der Waals surface area contributed by atoms with Crippen LogP contribution in [0.5, 0.6) is 0 Å². The smallest absolute Gasteiger partial charge is 0.319 e. The van der Waals surface area contributed by atoms with Crippen molar-refractivity contribution < 1.29 is 9.59 Å². The molecule has 2 aromatic carbocycles. The molecule has 2 aromatic rings. The van der Waals surface area contributed by atoms with Crippen molar-refractivity contribution in [2.24, 2.45) is 5.92 Å². The van der Waals surface area contributed by atoms with E-state index in [2.05, 4.69) is 17.6 Å². The highest BCUT2D eigenvalue weighted by atomic mass is 16.2. The van der Waals surface area contributed by atoms with Crippen molar-refractivity contribution >= 4 is 17.6 Å². The third-order valence-electron chi connectivity index (χ3n) is 5.00. The van der Waals surface area contributed by atoms with Crippen LogP contribution in [-0.4, -0.2) is 29.9 Å². The highest BCUT2D eigenvalue weighted by molar-refractivity contribution is 5.95. The van der Waals surface area contributed by atoms with Crippen molar-refractivity contribution in [2.75, 3.05) is 18.4 Å². The molecule has 0 radical (unpaired) electrons. The summed E-state index contributed by atoms with van der Waals surface area (Å²) in [5.74, 6) is 0.760. The van der Waals surface area contributed by atoms with E-state index >= 15 is 0 Å². The molecule has 0 unspecified atom stereocenters. The summed E-state index contributed by atoms with van der Waals surface area (Å²) in [6.07, 6.45) is 2.12. The monoisotopic (exact) mass is 365 g/mol. The first-order valence-electron chi connectivity index (χ1n) is 9.51. The predicted octanol–water partition coefficient (Wildman–Crippen LogP) is 4.19. The van der Waals surface area contributed by atoms with E-state index < -0.39 is 0 Å². The number of rotatable bonds is 4. The van der Waals surface area contributed by atoms with Crippen LogP contribution in [-0.2, 0) is 6.54 Å². The number of anilines is 1. The molecule has 0 bridgehead atoms. The van der Waals surface area contributed by atoms with Crippen molar-refractivity contribution in [3.05, 3.63) is 65.2 Å². The number of hydrogen-bond donors (Lipinski definition) is 2. The third kappa shape index (κ3) is 5.33. The Balaban J connectivity index is 1.51. The number of likely N-dealkylation sites (tertiary alicyclic amines) is 1. The van der Waals surface area contributed by atoms with E-state index in [0.717, 1.165) is 37.1 Å². The Bertz CT molecular complexity index is 793. The maximum atomic E-state index is 12.6. The highest BCUT2D eigenvalue weighted by Gasteiger charge is 2.21. The molecule has 0 aromatic heterocycles. The minimum Gasteiger partial charge on any atom is -0.339 e. The molecular formula is C22H27N3O2. The lowest BCUT2D eigenvalue weighted by molar-refractivity contribution is 0.0697. The van der Waals surface area contributed by atoms with Gasteiger partial charge < -0.3 is 15.5 Å². The second kappa shape index (κ2) is 8.71. The lowest BCUT2D eigenvalue weighted by Gasteiger charge is -2.30. The van der Waals surface area contributed by atoms with Crippen LogP contribution < -0.4 is 10.6 Å². The van der Waals surface area contributed by atoms with Crippen molar-refractivity contribution in [1.82, 2.24) is 10.2 Å². The zero-order chi connectivity index (χ0) is 19.2. The molecule has 1 saturated heterocycles. The number of benzene rings is 2. The first-order chi connectivity index (χ1) is 13.0. The number of hydrogen-bond acceptors (Lipinski definition) is 2. The number of nitrogens with zero attached hydrogens (tertiary/aromatic N) is 1. The molecule has 0 saturated carbocycles. The zero-order valence-corrected chi connectivity index (χ0v) is 16.0. The number of amides is 3. The zero-order valence-electron chi connectivity index (χ0n) is 16.0. The summed E-state index contributed by atoms with van der Waals surface area (Å²) in [5.41, 5.74) is 3.55. The first kappa shape index (κ1) is 19.0. The highest BCUT2D eigenvalue weighted by Crippen LogP contribution is 2.19. The van der Waals surface area contributed by atoms with Crippen LogP contribution in [0.3, 0.4) is 0 Å². The van der Waals surface area contributed by atoms with Gasteiger partial charge >= 0.3 is 6.03 Å². The predicted molar refractivity (Wildman–Crippen MR) is 108 cm³/mol. The number of carbonyl (C=O) groups is 2. The molecule has 0 aliphatic carbocycles. The van der Waals surface area contributed by atoms with Crippen molar-refractivity contribution in [3.8, 4) is 0 Å². The van der Waals surface area contributed by atoms with Gasteiger partial charge in [-0.2, -0.15) is 0 Å². The van der Waals surface area contributed by atoms with Crippen LogP contribution in [0.4, 0.5) is 10.5 Å². The second-order valence-electron chi connectivity index (χ2n) is 7.35. The van der Waals surface area contributed by atoms with Gasteiger partial charge in [0.25, 0.3) is 5.91 Å². The van der Waals surface area contributed by atoms with E-state index in [1.807, 2.05) is 36.1 Å². The first-order valence-corrected chi connectivity index (χ1v) is 9.51. The van der Waals surface area contributed by atoms with Gasteiger partial charge in [0.05, 0.1) is 0 Å². The van der Waals surface area contributed by atoms with Crippen molar-refractivity contribution in [2.45, 2.75) is 33.2 Å². The molecule has 5 nitrogen and oxygen atoms in total. The molecule has 1 aliphatic rings. The minimum absolute atomic E-state index is 0.0670. The van der Waals surface area contributed by atoms with E-state index in [1.165, 1.54) is 0 Å². The van der Waals surface area contributed by atoms with E-state index in [9.17, 15) is 9.59 Å². The lowest BCUT2D eigenvalue weighted by Crippen LogP contribution is -2.37. The fourth-order valence-electron chi connectivity index (χ4n) is 3.27. The second-order valence-corrected chi connectivity index (χ2v) is 7.35. The summed E-state index contributed by atoms with van der Waals surface area (Å²) in [6.45, 7) is 6.36. The van der Waals surface area contributed by atoms with Gasteiger partial charge in [-0.05, 0) is 55.5 Å². The molecule has 3 amide bonds. The van der Waals surface area contributed by atoms with Gasteiger partial charge in [0.1, 0.15) is 0 Å². The normalized spacial score (nSPS) is 14.7. The molecule has 1 aliphatic heterocycles. The van der Waals surface area contributed by atoms with Gasteiger partial charge in [0, 0.05) is 30.9 Å². The van der Waals surface area contributed by atoms with Gasteiger partial charge in [-0.25, -0.2) is 4.79 Å².